The summed E-state index contributed by atoms with van der Waals surface area (Å²) in [7, 11) is 0. The number of phenols is 1. The van der Waals surface area contributed by atoms with Crippen LogP contribution in [-0.4, -0.2) is 51.3 Å². The second-order valence-corrected chi connectivity index (χ2v) is 8.35. The lowest BCUT2D eigenvalue weighted by molar-refractivity contribution is -0.139. The van der Waals surface area contributed by atoms with Crippen LogP contribution in [0, 0.1) is 12.3 Å². The molecule has 152 valence electrons. The van der Waals surface area contributed by atoms with Gasteiger partial charge in [0.05, 0.1) is 0 Å². The van der Waals surface area contributed by atoms with Crippen LogP contribution in [0.2, 0.25) is 0 Å². The van der Waals surface area contributed by atoms with E-state index in [1.165, 1.54) is 0 Å². The van der Waals surface area contributed by atoms with Gasteiger partial charge in [-0.3, -0.25) is 14.6 Å². The number of benzene rings is 1. The molecule has 0 radical (unpaired) electrons. The number of aromatic hydroxyl groups is 1. The Morgan fingerprint density at radius 1 is 1.14 bits per heavy atom. The van der Waals surface area contributed by atoms with Crippen LogP contribution in [0.3, 0.4) is 0 Å². The normalized spacial score (nSPS) is 18.9. The van der Waals surface area contributed by atoms with E-state index in [4.69, 9.17) is 0 Å². The van der Waals surface area contributed by atoms with Crippen LogP contribution in [0.4, 0.5) is 0 Å². The highest BCUT2D eigenvalue weighted by Gasteiger charge is 2.41. The highest BCUT2D eigenvalue weighted by Crippen LogP contribution is 2.41. The lowest BCUT2D eigenvalue weighted by atomic mass is 9.72. The average Bonchev–Trinajstić information content (AvgIpc) is 2.74. The van der Waals surface area contributed by atoms with E-state index in [1.807, 2.05) is 21.9 Å². The number of nitrogens with zero attached hydrogens (tertiary/aromatic N) is 3. The molecule has 0 aliphatic carbocycles. The van der Waals surface area contributed by atoms with E-state index in [0.717, 1.165) is 31.4 Å². The zero-order valence-electron chi connectivity index (χ0n) is 16.8. The third kappa shape index (κ3) is 3.97. The Balaban J connectivity index is 1.42. The Morgan fingerprint density at radius 2 is 1.86 bits per heavy atom. The van der Waals surface area contributed by atoms with Crippen LogP contribution in [0.25, 0.3) is 0 Å². The molecule has 1 aromatic carbocycles. The molecule has 4 rings (SSSR count). The molecule has 0 atom stereocenters. The summed E-state index contributed by atoms with van der Waals surface area (Å²) < 4.78 is 0. The van der Waals surface area contributed by atoms with Crippen LogP contribution in [0.5, 0.6) is 5.75 Å². The molecule has 6 nitrogen and oxygen atoms in total. The summed E-state index contributed by atoms with van der Waals surface area (Å²) >= 11 is 0. The van der Waals surface area contributed by atoms with Gasteiger partial charge < -0.3 is 14.9 Å². The number of phenolic OH excluding ortho intramolecular Hbond substituents is 1. The summed E-state index contributed by atoms with van der Waals surface area (Å²) in [5, 5.41) is 9.91. The van der Waals surface area contributed by atoms with E-state index in [2.05, 4.69) is 4.98 Å². The second-order valence-electron chi connectivity index (χ2n) is 8.35. The zero-order chi connectivity index (χ0) is 20.4. The van der Waals surface area contributed by atoms with Gasteiger partial charge in [0.1, 0.15) is 5.75 Å². The maximum Gasteiger partial charge on any atom is 0.254 e. The molecule has 0 saturated carbocycles. The molecule has 1 N–H and O–H groups in total. The van der Waals surface area contributed by atoms with Gasteiger partial charge in [0.15, 0.2) is 0 Å². The first-order chi connectivity index (χ1) is 14.0. The number of likely N-dealkylation sites (tertiary alicyclic amines) is 2. The number of carbonyl (C=O) groups excluding carboxylic acids is 2. The molecule has 2 saturated heterocycles. The number of pyridine rings is 1. The quantitative estimate of drug-likeness (QED) is 0.869. The Morgan fingerprint density at radius 3 is 2.59 bits per heavy atom. The minimum atomic E-state index is -0.0197. The van der Waals surface area contributed by atoms with Gasteiger partial charge in [0.25, 0.3) is 5.91 Å². The largest absolute Gasteiger partial charge is 0.508 e. The van der Waals surface area contributed by atoms with E-state index in [9.17, 15) is 14.7 Å². The van der Waals surface area contributed by atoms with Crippen molar-refractivity contribution < 1.29 is 14.7 Å². The highest BCUT2D eigenvalue weighted by molar-refractivity contribution is 5.96. The molecule has 2 fully saturated rings. The number of carbonyl (C=O) groups is 2. The Hall–Kier alpha value is -2.89. The van der Waals surface area contributed by atoms with Gasteiger partial charge in [-0.1, -0.05) is 6.07 Å². The third-order valence-corrected chi connectivity index (χ3v) is 6.52. The van der Waals surface area contributed by atoms with E-state index < -0.39 is 0 Å². The fourth-order valence-corrected chi connectivity index (χ4v) is 4.57. The van der Waals surface area contributed by atoms with Gasteiger partial charge >= 0.3 is 0 Å². The average molecular weight is 393 g/mol. The summed E-state index contributed by atoms with van der Waals surface area (Å²) in [6, 6.07) is 9.00. The van der Waals surface area contributed by atoms with Crippen LogP contribution in [0.15, 0.2) is 42.7 Å². The molecule has 2 aliphatic heterocycles. The van der Waals surface area contributed by atoms with E-state index in [1.54, 1.807) is 37.5 Å². The maximum absolute atomic E-state index is 12.9. The van der Waals surface area contributed by atoms with Gasteiger partial charge in [-0.25, -0.2) is 0 Å². The monoisotopic (exact) mass is 393 g/mol. The summed E-state index contributed by atoms with van der Waals surface area (Å²) in [6.45, 7) is 4.52. The lowest BCUT2D eigenvalue weighted by Gasteiger charge is -2.47. The minimum absolute atomic E-state index is 0.0197. The maximum atomic E-state index is 12.9. The fourth-order valence-electron chi connectivity index (χ4n) is 4.57. The van der Waals surface area contributed by atoms with Crippen molar-refractivity contribution in [2.45, 2.75) is 39.2 Å². The SMILES string of the molecule is Cc1c(O)cccc1C(=O)N1CCC2(CCC(=O)N(Cc3ccncc3)C2)CC1. The highest BCUT2D eigenvalue weighted by atomic mass is 16.3. The molecule has 2 aliphatic rings. The van der Waals surface area contributed by atoms with Crippen molar-refractivity contribution >= 4 is 11.8 Å². The summed E-state index contributed by atoms with van der Waals surface area (Å²) in [6.07, 6.45) is 6.78. The first kappa shape index (κ1) is 19.4. The van der Waals surface area contributed by atoms with E-state index in [-0.39, 0.29) is 23.0 Å². The van der Waals surface area contributed by atoms with Crippen LogP contribution in [-0.2, 0) is 11.3 Å². The predicted octanol–water partition coefficient (Wildman–Crippen LogP) is 3.14. The lowest BCUT2D eigenvalue weighted by Crippen LogP contribution is -2.52. The van der Waals surface area contributed by atoms with E-state index in [0.29, 0.717) is 37.2 Å². The fraction of sp³-hybridized carbons (Fsp3) is 0.435. The zero-order valence-corrected chi connectivity index (χ0v) is 16.8. The predicted molar refractivity (Wildman–Crippen MR) is 109 cm³/mol. The van der Waals surface area contributed by atoms with Gasteiger partial charge in [0, 0.05) is 56.1 Å². The van der Waals surface area contributed by atoms with Gasteiger partial charge in [-0.2, -0.15) is 0 Å². The van der Waals surface area contributed by atoms with Crippen LogP contribution < -0.4 is 0 Å². The minimum Gasteiger partial charge on any atom is -0.508 e. The van der Waals surface area contributed by atoms with Crippen molar-refractivity contribution in [2.75, 3.05) is 19.6 Å². The number of amides is 2. The molecule has 0 bridgehead atoms. The second kappa shape index (κ2) is 7.85. The number of rotatable bonds is 3. The van der Waals surface area contributed by atoms with Gasteiger partial charge in [0.2, 0.25) is 5.91 Å². The van der Waals surface area contributed by atoms with Crippen molar-refractivity contribution in [3.05, 3.63) is 59.4 Å². The molecule has 29 heavy (non-hydrogen) atoms. The first-order valence-electron chi connectivity index (χ1n) is 10.2. The molecular weight excluding hydrogens is 366 g/mol. The van der Waals surface area contributed by atoms with E-state index >= 15 is 0 Å². The Bertz CT molecular complexity index is 905. The topological polar surface area (TPSA) is 73.7 Å². The molecule has 0 unspecified atom stereocenters. The standard InChI is InChI=1S/C23H27N3O3/c1-17-19(3-2-4-20(17)27)22(29)25-13-9-23(10-14-25)8-5-21(28)26(16-23)15-18-6-11-24-12-7-18/h2-4,6-7,11-12,27H,5,8-10,13-16H2,1H3. The van der Waals surface area contributed by atoms with Crippen molar-refractivity contribution in [2.24, 2.45) is 5.41 Å². The number of hydrogen-bond donors (Lipinski definition) is 1. The first-order valence-corrected chi connectivity index (χ1v) is 10.2. The van der Waals surface area contributed by atoms with Crippen molar-refractivity contribution in [3.8, 4) is 5.75 Å². The molecule has 2 aromatic rings. The number of hydrogen-bond acceptors (Lipinski definition) is 4. The molecule has 3 heterocycles. The van der Waals surface area contributed by atoms with Crippen molar-refractivity contribution in [1.82, 2.24) is 14.8 Å². The molecule has 2 amide bonds. The van der Waals surface area contributed by atoms with Crippen LogP contribution in [0.1, 0.15) is 47.2 Å². The molecular formula is C23H27N3O3. The molecule has 1 aromatic heterocycles. The summed E-state index contributed by atoms with van der Waals surface area (Å²) in [5.74, 6) is 0.344. The summed E-state index contributed by atoms with van der Waals surface area (Å²) in [4.78, 5) is 33.3. The van der Waals surface area contributed by atoms with Crippen molar-refractivity contribution in [3.63, 3.8) is 0 Å². The number of piperidine rings is 2. The van der Waals surface area contributed by atoms with Crippen LogP contribution >= 0.6 is 0 Å². The molecule has 1 spiro atoms. The van der Waals surface area contributed by atoms with Crippen molar-refractivity contribution in [1.29, 1.82) is 0 Å². The van der Waals surface area contributed by atoms with Gasteiger partial charge in [-0.05, 0) is 61.4 Å². The Kier molecular flexibility index (Phi) is 5.26. The smallest absolute Gasteiger partial charge is 0.254 e. The number of aromatic nitrogens is 1. The summed E-state index contributed by atoms with van der Waals surface area (Å²) in [5.41, 5.74) is 2.38. The Labute approximate surface area is 171 Å². The third-order valence-electron chi connectivity index (χ3n) is 6.52. The molecule has 6 heteroatoms. The van der Waals surface area contributed by atoms with Gasteiger partial charge in [-0.15, -0.1) is 0 Å².